The lowest BCUT2D eigenvalue weighted by molar-refractivity contribution is 0.0850. The number of nitrogens with zero attached hydrogens (tertiary/aromatic N) is 2. The molecule has 6 nitrogen and oxygen atoms in total. The van der Waals surface area contributed by atoms with Gasteiger partial charge in [0, 0.05) is 32.6 Å². The average molecular weight is 435 g/mol. The summed E-state index contributed by atoms with van der Waals surface area (Å²) >= 11 is 0. The van der Waals surface area contributed by atoms with Crippen molar-refractivity contribution in [2.45, 2.75) is 52.2 Å². The first-order chi connectivity index (χ1) is 13.7. The van der Waals surface area contributed by atoms with Crippen LogP contribution in [0.3, 0.4) is 0 Å². The summed E-state index contributed by atoms with van der Waals surface area (Å²) in [5.41, 5.74) is 1.72. The van der Waals surface area contributed by atoms with Gasteiger partial charge in [0.25, 0.3) is 0 Å². The SMILES string of the molecule is CN(C)C(=O)N(C)S(=O)(=O)Cc1ccc(C(=O)C2CC3(C)CC2CC(C)(C)C3)cc1. The molecule has 3 rings (SSSR count). The number of ketones is 1. The van der Waals surface area contributed by atoms with Crippen molar-refractivity contribution in [1.82, 2.24) is 9.21 Å². The Bertz CT molecular complexity index is 936. The summed E-state index contributed by atoms with van der Waals surface area (Å²) in [4.78, 5) is 26.4. The number of hydrogen-bond donors (Lipinski definition) is 0. The monoisotopic (exact) mass is 434 g/mol. The summed E-state index contributed by atoms with van der Waals surface area (Å²) in [7, 11) is 0.494. The summed E-state index contributed by atoms with van der Waals surface area (Å²) in [5.74, 6) is 0.374. The maximum Gasteiger partial charge on any atom is 0.332 e. The highest BCUT2D eigenvalue weighted by molar-refractivity contribution is 7.88. The van der Waals surface area contributed by atoms with Crippen LogP contribution in [-0.2, 0) is 15.8 Å². The summed E-state index contributed by atoms with van der Waals surface area (Å²) < 4.78 is 25.8. The first-order valence-electron chi connectivity index (χ1n) is 10.5. The molecule has 2 bridgehead atoms. The maximum absolute atomic E-state index is 13.2. The molecule has 0 radical (unpaired) electrons. The van der Waals surface area contributed by atoms with Crippen molar-refractivity contribution in [2.24, 2.45) is 22.7 Å². The third kappa shape index (κ3) is 4.56. The van der Waals surface area contributed by atoms with Crippen LogP contribution in [0, 0.1) is 22.7 Å². The third-order valence-electron chi connectivity index (χ3n) is 6.75. The molecule has 3 unspecified atom stereocenters. The molecule has 0 N–H and O–H groups in total. The second-order valence-corrected chi connectivity index (χ2v) is 12.6. The van der Waals surface area contributed by atoms with E-state index in [1.807, 2.05) is 0 Å². The van der Waals surface area contributed by atoms with E-state index in [2.05, 4.69) is 20.8 Å². The van der Waals surface area contributed by atoms with Crippen molar-refractivity contribution in [3.8, 4) is 0 Å². The molecular formula is C23H34N2O4S. The highest BCUT2D eigenvalue weighted by atomic mass is 32.2. The maximum atomic E-state index is 13.2. The number of sulfonamides is 1. The molecule has 2 aliphatic rings. The van der Waals surface area contributed by atoms with Crippen LogP contribution in [0.25, 0.3) is 0 Å². The topological polar surface area (TPSA) is 74.8 Å². The average Bonchev–Trinajstić information content (AvgIpc) is 2.88. The Balaban J connectivity index is 1.72. The summed E-state index contributed by atoms with van der Waals surface area (Å²) in [6.45, 7) is 6.92. The minimum atomic E-state index is -3.78. The van der Waals surface area contributed by atoms with Crippen LogP contribution in [-0.4, -0.2) is 50.6 Å². The molecule has 0 spiro atoms. The molecule has 0 aromatic heterocycles. The Labute approximate surface area is 180 Å². The lowest BCUT2D eigenvalue weighted by atomic mass is 9.65. The fraction of sp³-hybridized carbons (Fsp3) is 0.652. The largest absolute Gasteiger partial charge is 0.332 e. The van der Waals surface area contributed by atoms with Crippen LogP contribution >= 0.6 is 0 Å². The van der Waals surface area contributed by atoms with Crippen LogP contribution in [0.2, 0.25) is 0 Å². The first kappa shape index (κ1) is 22.8. The lowest BCUT2D eigenvalue weighted by Gasteiger charge is -2.40. The molecule has 1 aromatic carbocycles. The minimum Gasteiger partial charge on any atom is -0.330 e. The van der Waals surface area contributed by atoms with Gasteiger partial charge in [0.05, 0.1) is 5.75 Å². The minimum absolute atomic E-state index is 0.0511. The van der Waals surface area contributed by atoms with E-state index in [0.29, 0.717) is 17.0 Å². The molecular weight excluding hydrogens is 400 g/mol. The zero-order valence-corrected chi connectivity index (χ0v) is 19.8. The van der Waals surface area contributed by atoms with Gasteiger partial charge in [0.15, 0.2) is 5.78 Å². The molecule has 3 atom stereocenters. The molecule has 2 aliphatic carbocycles. The van der Waals surface area contributed by atoms with E-state index in [0.717, 1.165) is 30.0 Å². The molecule has 1 aromatic rings. The number of urea groups is 1. The van der Waals surface area contributed by atoms with Crippen LogP contribution in [0.15, 0.2) is 24.3 Å². The van der Waals surface area contributed by atoms with Crippen molar-refractivity contribution >= 4 is 21.8 Å². The highest BCUT2D eigenvalue weighted by Crippen LogP contribution is 2.60. The van der Waals surface area contributed by atoms with Crippen molar-refractivity contribution in [3.63, 3.8) is 0 Å². The standard InChI is InChI=1S/C23H34N2O4S/c1-22(2)11-18-12-23(3,15-22)13-19(18)20(26)17-9-7-16(8-10-17)14-30(28,29)25(6)21(27)24(4)5/h7-10,18-19H,11-15H2,1-6H3. The molecule has 2 saturated carbocycles. The predicted molar refractivity (Wildman–Crippen MR) is 118 cm³/mol. The molecule has 7 heteroatoms. The summed E-state index contributed by atoms with van der Waals surface area (Å²) in [5, 5.41) is 0. The Hall–Kier alpha value is -1.89. The van der Waals surface area contributed by atoms with E-state index in [-0.39, 0.29) is 28.3 Å². The molecule has 2 amide bonds. The van der Waals surface area contributed by atoms with Gasteiger partial charge < -0.3 is 4.90 Å². The van der Waals surface area contributed by atoms with E-state index < -0.39 is 16.1 Å². The predicted octanol–water partition coefficient (Wildman–Crippen LogP) is 4.17. The van der Waals surface area contributed by atoms with Crippen LogP contribution in [0.1, 0.15) is 62.4 Å². The van der Waals surface area contributed by atoms with Crippen LogP contribution in [0.5, 0.6) is 0 Å². The van der Waals surface area contributed by atoms with Crippen LogP contribution < -0.4 is 0 Å². The number of amides is 2. The lowest BCUT2D eigenvalue weighted by Crippen LogP contribution is -2.40. The van der Waals surface area contributed by atoms with E-state index in [9.17, 15) is 18.0 Å². The zero-order valence-electron chi connectivity index (χ0n) is 18.9. The van der Waals surface area contributed by atoms with E-state index in [1.165, 1.54) is 26.0 Å². The molecule has 0 aliphatic heterocycles. The van der Waals surface area contributed by atoms with Gasteiger partial charge in [0.2, 0.25) is 10.0 Å². The van der Waals surface area contributed by atoms with E-state index in [4.69, 9.17) is 0 Å². The second kappa shape index (κ2) is 7.66. The Morgan fingerprint density at radius 3 is 2.17 bits per heavy atom. The normalized spacial score (nSPS) is 27.5. The van der Waals surface area contributed by atoms with Gasteiger partial charge in [-0.05, 0) is 48.0 Å². The van der Waals surface area contributed by atoms with Gasteiger partial charge in [0.1, 0.15) is 0 Å². The van der Waals surface area contributed by atoms with Crippen LogP contribution in [0.4, 0.5) is 4.79 Å². The number of carbonyl (C=O) groups excluding carboxylic acids is 2. The van der Waals surface area contributed by atoms with Gasteiger partial charge in [-0.25, -0.2) is 17.5 Å². The van der Waals surface area contributed by atoms with Gasteiger partial charge in [-0.1, -0.05) is 45.0 Å². The van der Waals surface area contributed by atoms with Crippen molar-refractivity contribution in [1.29, 1.82) is 0 Å². The highest BCUT2D eigenvalue weighted by Gasteiger charge is 2.52. The molecule has 2 fully saturated rings. The summed E-state index contributed by atoms with van der Waals surface area (Å²) in [6.07, 6.45) is 4.31. The Morgan fingerprint density at radius 2 is 1.60 bits per heavy atom. The van der Waals surface area contributed by atoms with Gasteiger partial charge in [-0.15, -0.1) is 0 Å². The first-order valence-corrected chi connectivity index (χ1v) is 12.2. The van der Waals surface area contributed by atoms with Crippen molar-refractivity contribution in [2.75, 3.05) is 21.1 Å². The quantitative estimate of drug-likeness (QED) is 0.652. The van der Waals surface area contributed by atoms with E-state index in [1.54, 1.807) is 24.3 Å². The van der Waals surface area contributed by atoms with E-state index >= 15 is 0 Å². The second-order valence-electron chi connectivity index (χ2n) is 10.6. The third-order valence-corrected chi connectivity index (χ3v) is 8.44. The number of Topliss-reactive ketones (excluding diaryl/α,β-unsaturated/α-hetero) is 1. The number of rotatable bonds is 5. The number of benzene rings is 1. The molecule has 30 heavy (non-hydrogen) atoms. The molecule has 166 valence electrons. The Kier molecular flexibility index (Phi) is 5.82. The summed E-state index contributed by atoms with van der Waals surface area (Å²) in [6, 6.07) is 6.25. The number of hydrogen-bond acceptors (Lipinski definition) is 4. The number of carbonyl (C=O) groups is 2. The van der Waals surface area contributed by atoms with Crippen molar-refractivity contribution in [3.05, 3.63) is 35.4 Å². The van der Waals surface area contributed by atoms with Gasteiger partial charge in [-0.2, -0.15) is 0 Å². The fourth-order valence-electron chi connectivity index (χ4n) is 5.85. The zero-order chi connectivity index (χ0) is 22.5. The molecule has 0 saturated heterocycles. The van der Waals surface area contributed by atoms with Gasteiger partial charge >= 0.3 is 6.03 Å². The fourth-order valence-corrected chi connectivity index (χ4v) is 7.05. The number of fused-ring (bicyclic) bond motifs is 2. The van der Waals surface area contributed by atoms with Gasteiger partial charge in [-0.3, -0.25) is 4.79 Å². The Morgan fingerprint density at radius 1 is 1.00 bits per heavy atom. The smallest absolute Gasteiger partial charge is 0.330 e. The van der Waals surface area contributed by atoms with Crippen molar-refractivity contribution < 1.29 is 18.0 Å². The molecule has 0 heterocycles.